The van der Waals surface area contributed by atoms with Gasteiger partial charge < -0.3 is 4.79 Å². The summed E-state index contributed by atoms with van der Waals surface area (Å²) in [5.41, 5.74) is 0.221. The van der Waals surface area contributed by atoms with Gasteiger partial charge in [-0.2, -0.15) is 0 Å². The van der Waals surface area contributed by atoms with E-state index in [-0.39, 0.29) is 0 Å². The number of hydrogen-bond acceptors (Lipinski definition) is 1. The summed E-state index contributed by atoms with van der Waals surface area (Å²) < 4.78 is 13.7. The first-order chi connectivity index (χ1) is 6.46. The van der Waals surface area contributed by atoms with E-state index in [1.54, 1.807) is 6.07 Å². The molecule has 0 bridgehead atoms. The summed E-state index contributed by atoms with van der Waals surface area (Å²) in [7, 11) is 0. The largest absolute Gasteiger partial charge is 0.303 e. The molecular weight excluding hydrogens is 179 g/mol. The number of benzene rings is 1. The van der Waals surface area contributed by atoms with Gasteiger partial charge in [0.25, 0.3) is 0 Å². The van der Waals surface area contributed by atoms with Gasteiger partial charge in [0, 0.05) is 0 Å². The van der Waals surface area contributed by atoms with E-state index in [9.17, 15) is 9.18 Å². The van der Waals surface area contributed by atoms with E-state index in [4.69, 9.17) is 0 Å². The van der Waals surface area contributed by atoms with Crippen LogP contribution in [-0.2, 0) is 4.79 Å². The molecule has 0 heterocycles. The zero-order chi connectivity index (χ0) is 10.8. The van der Waals surface area contributed by atoms with Crippen molar-refractivity contribution in [3.8, 4) is 0 Å². The molecule has 0 aliphatic carbocycles. The Morgan fingerprint density at radius 1 is 1.36 bits per heavy atom. The van der Waals surface area contributed by atoms with Crippen LogP contribution < -0.4 is 0 Å². The van der Waals surface area contributed by atoms with Crippen molar-refractivity contribution in [2.24, 2.45) is 0 Å². The highest BCUT2D eigenvalue weighted by Crippen LogP contribution is 2.31. The second-order valence-electron chi connectivity index (χ2n) is 4.03. The highest BCUT2D eigenvalue weighted by molar-refractivity contribution is 5.65. The summed E-state index contributed by atoms with van der Waals surface area (Å²) in [6, 6.07) is 7.39. The number of halogens is 1. The minimum atomic E-state index is -1.51. The van der Waals surface area contributed by atoms with Crippen LogP contribution in [0.1, 0.15) is 30.9 Å². The van der Waals surface area contributed by atoms with Crippen LogP contribution in [0.3, 0.4) is 0 Å². The van der Waals surface area contributed by atoms with E-state index < -0.39 is 11.6 Å². The maximum absolute atomic E-state index is 13.7. The summed E-state index contributed by atoms with van der Waals surface area (Å²) in [4.78, 5) is 10.9. The summed E-state index contributed by atoms with van der Waals surface area (Å²) in [6.45, 7) is 4.74. The quantitative estimate of drug-likeness (QED) is 0.676. The first kappa shape index (κ1) is 10.9. The van der Waals surface area contributed by atoms with E-state index in [1.165, 1.54) is 13.8 Å². The molecule has 1 rings (SSSR count). The minimum Gasteiger partial charge on any atom is -0.303 e. The first-order valence-electron chi connectivity index (χ1n) is 4.66. The molecule has 1 aromatic carbocycles. The SMILES string of the molecule is Cc1ccccc1C(C=O)C(C)(C)F. The molecule has 0 aliphatic rings. The molecule has 0 saturated carbocycles. The molecule has 0 amide bonds. The van der Waals surface area contributed by atoms with Crippen LogP contribution in [0.25, 0.3) is 0 Å². The fourth-order valence-electron chi connectivity index (χ4n) is 1.54. The van der Waals surface area contributed by atoms with E-state index in [2.05, 4.69) is 0 Å². The standard InChI is InChI=1S/C12H15FO/c1-9-6-4-5-7-10(9)11(8-14)12(2,3)13/h4-8,11H,1-3H3. The first-order valence-corrected chi connectivity index (χ1v) is 4.66. The molecule has 1 aromatic rings. The highest BCUT2D eigenvalue weighted by Gasteiger charge is 2.30. The second kappa shape index (κ2) is 3.91. The molecule has 2 heteroatoms. The number of aryl methyl sites for hydroxylation is 1. The Kier molecular flexibility index (Phi) is 3.04. The second-order valence-corrected chi connectivity index (χ2v) is 4.03. The van der Waals surface area contributed by atoms with E-state index in [0.29, 0.717) is 6.29 Å². The van der Waals surface area contributed by atoms with E-state index >= 15 is 0 Å². The Labute approximate surface area is 83.9 Å². The molecule has 0 radical (unpaired) electrons. The van der Waals surface area contributed by atoms with Gasteiger partial charge in [0.15, 0.2) is 0 Å². The van der Waals surface area contributed by atoms with E-state index in [1.807, 2.05) is 25.1 Å². The van der Waals surface area contributed by atoms with Gasteiger partial charge in [0.05, 0.1) is 5.92 Å². The molecule has 1 nitrogen and oxygen atoms in total. The topological polar surface area (TPSA) is 17.1 Å². The lowest BCUT2D eigenvalue weighted by Gasteiger charge is -2.23. The molecule has 1 unspecified atom stereocenters. The molecule has 1 atom stereocenters. The molecule has 0 fully saturated rings. The number of hydrogen-bond donors (Lipinski definition) is 0. The summed E-state index contributed by atoms with van der Waals surface area (Å²) in [5.74, 6) is -0.677. The van der Waals surface area contributed by atoms with E-state index in [0.717, 1.165) is 11.1 Å². The van der Waals surface area contributed by atoms with Gasteiger partial charge in [-0.1, -0.05) is 24.3 Å². The van der Waals surface area contributed by atoms with Crippen molar-refractivity contribution in [2.45, 2.75) is 32.4 Å². The Morgan fingerprint density at radius 2 is 1.93 bits per heavy atom. The van der Waals surface area contributed by atoms with Crippen molar-refractivity contribution in [1.82, 2.24) is 0 Å². The number of carbonyl (C=O) groups excluding carboxylic acids is 1. The summed E-state index contributed by atoms with van der Waals surface area (Å²) in [5, 5.41) is 0. The predicted octanol–water partition coefficient (Wildman–Crippen LogP) is 3.03. The third-order valence-corrected chi connectivity index (χ3v) is 2.40. The smallest absolute Gasteiger partial charge is 0.130 e. The zero-order valence-electron chi connectivity index (χ0n) is 8.75. The Bertz CT molecular complexity index is 325. The summed E-state index contributed by atoms with van der Waals surface area (Å²) in [6.07, 6.45) is 0.683. The third-order valence-electron chi connectivity index (χ3n) is 2.40. The van der Waals surface area contributed by atoms with Gasteiger partial charge in [-0.3, -0.25) is 0 Å². The lowest BCUT2D eigenvalue weighted by Crippen LogP contribution is -2.25. The van der Waals surface area contributed by atoms with Crippen LogP contribution in [0.4, 0.5) is 4.39 Å². The number of carbonyl (C=O) groups is 1. The van der Waals surface area contributed by atoms with Gasteiger partial charge in [-0.25, -0.2) is 4.39 Å². The van der Waals surface area contributed by atoms with Gasteiger partial charge >= 0.3 is 0 Å². The molecule has 0 aliphatic heterocycles. The van der Waals surface area contributed by atoms with Gasteiger partial charge in [0.2, 0.25) is 0 Å². The van der Waals surface area contributed by atoms with Crippen LogP contribution >= 0.6 is 0 Å². The van der Waals surface area contributed by atoms with Crippen LogP contribution in [-0.4, -0.2) is 12.0 Å². The summed E-state index contributed by atoms with van der Waals surface area (Å²) >= 11 is 0. The lowest BCUT2D eigenvalue weighted by atomic mass is 9.85. The van der Waals surface area contributed by atoms with Crippen molar-refractivity contribution >= 4 is 6.29 Å². The van der Waals surface area contributed by atoms with Crippen molar-refractivity contribution in [2.75, 3.05) is 0 Å². The predicted molar refractivity (Wildman–Crippen MR) is 55.2 cm³/mol. The maximum Gasteiger partial charge on any atom is 0.130 e. The van der Waals surface area contributed by atoms with Gasteiger partial charge in [0.1, 0.15) is 12.0 Å². The normalized spacial score (nSPS) is 13.7. The maximum atomic E-state index is 13.7. The molecular formula is C12H15FO. The Balaban J connectivity index is 3.14. The van der Waals surface area contributed by atoms with Crippen molar-refractivity contribution in [3.05, 3.63) is 35.4 Å². The average Bonchev–Trinajstić information content (AvgIpc) is 2.07. The zero-order valence-corrected chi connectivity index (χ0v) is 8.75. The molecule has 0 saturated heterocycles. The lowest BCUT2D eigenvalue weighted by molar-refractivity contribution is -0.111. The van der Waals surface area contributed by atoms with Crippen LogP contribution in [0, 0.1) is 6.92 Å². The molecule has 0 N–H and O–H groups in total. The molecule has 14 heavy (non-hydrogen) atoms. The van der Waals surface area contributed by atoms with Crippen LogP contribution in [0.2, 0.25) is 0 Å². The van der Waals surface area contributed by atoms with Crippen molar-refractivity contribution in [3.63, 3.8) is 0 Å². The van der Waals surface area contributed by atoms with Crippen LogP contribution in [0.15, 0.2) is 24.3 Å². The number of aldehydes is 1. The molecule has 0 spiro atoms. The molecule has 0 aromatic heterocycles. The fraction of sp³-hybridized carbons (Fsp3) is 0.417. The Hall–Kier alpha value is -1.18. The highest BCUT2D eigenvalue weighted by atomic mass is 19.1. The van der Waals surface area contributed by atoms with Gasteiger partial charge in [-0.15, -0.1) is 0 Å². The number of alkyl halides is 1. The Morgan fingerprint density at radius 3 is 2.36 bits per heavy atom. The fourth-order valence-corrected chi connectivity index (χ4v) is 1.54. The molecule has 76 valence electrons. The minimum absolute atomic E-state index is 0.677. The number of rotatable bonds is 3. The van der Waals surface area contributed by atoms with Gasteiger partial charge in [-0.05, 0) is 31.9 Å². The van der Waals surface area contributed by atoms with Crippen molar-refractivity contribution < 1.29 is 9.18 Å². The monoisotopic (exact) mass is 194 g/mol. The average molecular weight is 194 g/mol. The van der Waals surface area contributed by atoms with Crippen molar-refractivity contribution in [1.29, 1.82) is 0 Å². The van der Waals surface area contributed by atoms with Crippen LogP contribution in [0.5, 0.6) is 0 Å². The third kappa shape index (κ3) is 2.19.